The lowest BCUT2D eigenvalue weighted by Crippen LogP contribution is -2.17. The van der Waals surface area contributed by atoms with Gasteiger partial charge in [0, 0.05) is 23.8 Å². The van der Waals surface area contributed by atoms with Crippen molar-refractivity contribution in [3.63, 3.8) is 0 Å². The van der Waals surface area contributed by atoms with E-state index < -0.39 is 0 Å². The molecule has 204 valence electrons. The van der Waals surface area contributed by atoms with Gasteiger partial charge in [0.2, 0.25) is 0 Å². The zero-order chi connectivity index (χ0) is 29.0. The predicted octanol–water partition coefficient (Wildman–Crippen LogP) is 10.8. The average molecular weight is 542 g/mol. The van der Waals surface area contributed by atoms with Gasteiger partial charge in [-0.3, -0.25) is 0 Å². The van der Waals surface area contributed by atoms with E-state index in [-0.39, 0.29) is 5.41 Å². The van der Waals surface area contributed by atoms with Crippen molar-refractivity contribution < 1.29 is 0 Å². The molecule has 0 saturated carbocycles. The van der Waals surface area contributed by atoms with Crippen LogP contribution in [0.3, 0.4) is 0 Å². The summed E-state index contributed by atoms with van der Waals surface area (Å²) in [6.45, 7) is 12.7. The SMILES string of the molecule is C=CC1=C(C=C)C(C)(C)c2cc(N(C)c3cccc(-c4cccc(-c5ccc6c(c5)-c5ccccc5C6)c4)c3)ccc21. The summed E-state index contributed by atoms with van der Waals surface area (Å²) >= 11 is 0. The van der Waals surface area contributed by atoms with Crippen LogP contribution in [0.1, 0.15) is 36.1 Å². The van der Waals surface area contributed by atoms with E-state index >= 15 is 0 Å². The lowest BCUT2D eigenvalue weighted by Gasteiger charge is -2.26. The molecule has 5 aromatic rings. The quantitative estimate of drug-likeness (QED) is 0.203. The number of hydrogen-bond acceptors (Lipinski definition) is 1. The Morgan fingerprint density at radius 2 is 1.26 bits per heavy atom. The number of nitrogens with zero attached hydrogens (tertiary/aromatic N) is 1. The van der Waals surface area contributed by atoms with Crippen LogP contribution in [0.2, 0.25) is 0 Å². The maximum atomic E-state index is 4.10. The van der Waals surface area contributed by atoms with Gasteiger partial charge in [-0.15, -0.1) is 0 Å². The van der Waals surface area contributed by atoms with Crippen LogP contribution in [0, 0.1) is 0 Å². The highest BCUT2D eigenvalue weighted by Gasteiger charge is 2.35. The fourth-order valence-electron chi connectivity index (χ4n) is 6.93. The second-order valence-corrected chi connectivity index (χ2v) is 12.0. The van der Waals surface area contributed by atoms with E-state index in [4.69, 9.17) is 0 Å². The maximum absolute atomic E-state index is 4.10. The highest BCUT2D eigenvalue weighted by molar-refractivity contribution is 5.89. The van der Waals surface area contributed by atoms with Crippen molar-refractivity contribution in [1.29, 1.82) is 0 Å². The molecule has 0 aromatic heterocycles. The number of fused-ring (bicyclic) bond motifs is 4. The third-order valence-electron chi connectivity index (χ3n) is 9.29. The Kier molecular flexibility index (Phi) is 6.13. The van der Waals surface area contributed by atoms with Crippen LogP contribution in [-0.4, -0.2) is 7.05 Å². The van der Waals surface area contributed by atoms with Crippen LogP contribution in [0.25, 0.3) is 39.0 Å². The molecule has 0 saturated heterocycles. The highest BCUT2D eigenvalue weighted by Crippen LogP contribution is 2.48. The highest BCUT2D eigenvalue weighted by atomic mass is 15.1. The van der Waals surface area contributed by atoms with Crippen molar-refractivity contribution in [3.8, 4) is 33.4 Å². The summed E-state index contributed by atoms with van der Waals surface area (Å²) in [6.07, 6.45) is 4.97. The van der Waals surface area contributed by atoms with Gasteiger partial charge < -0.3 is 4.90 Å². The van der Waals surface area contributed by atoms with E-state index in [2.05, 4.69) is 148 Å². The maximum Gasteiger partial charge on any atom is 0.0414 e. The summed E-state index contributed by atoms with van der Waals surface area (Å²) in [5, 5.41) is 0. The van der Waals surface area contributed by atoms with Gasteiger partial charge in [-0.05, 0) is 110 Å². The molecule has 5 aromatic carbocycles. The summed E-state index contributed by atoms with van der Waals surface area (Å²) in [7, 11) is 2.15. The molecule has 7 rings (SSSR count). The minimum absolute atomic E-state index is 0.112. The summed E-state index contributed by atoms with van der Waals surface area (Å²) < 4.78 is 0. The molecule has 0 aliphatic heterocycles. The van der Waals surface area contributed by atoms with Crippen molar-refractivity contribution >= 4 is 16.9 Å². The van der Waals surface area contributed by atoms with E-state index in [1.165, 1.54) is 72.5 Å². The molecule has 0 radical (unpaired) electrons. The van der Waals surface area contributed by atoms with Crippen molar-refractivity contribution in [2.24, 2.45) is 0 Å². The normalized spacial score (nSPS) is 14.3. The Labute approximate surface area is 249 Å². The van der Waals surface area contributed by atoms with Crippen LogP contribution < -0.4 is 4.90 Å². The molecule has 0 unspecified atom stereocenters. The second-order valence-electron chi connectivity index (χ2n) is 12.0. The molecular formula is C41H35N. The summed E-state index contributed by atoms with van der Waals surface area (Å²) in [4.78, 5) is 2.28. The molecule has 2 aliphatic rings. The fraction of sp³-hybridized carbons (Fsp3) is 0.122. The Hall–Kier alpha value is -4.88. The van der Waals surface area contributed by atoms with Crippen LogP contribution in [0.15, 0.2) is 140 Å². The first-order valence-electron chi connectivity index (χ1n) is 14.7. The zero-order valence-electron chi connectivity index (χ0n) is 24.6. The number of anilines is 2. The zero-order valence-corrected chi connectivity index (χ0v) is 24.6. The number of allylic oxidation sites excluding steroid dienone is 4. The van der Waals surface area contributed by atoms with Crippen molar-refractivity contribution in [3.05, 3.63) is 162 Å². The van der Waals surface area contributed by atoms with Gasteiger partial charge in [0.15, 0.2) is 0 Å². The Morgan fingerprint density at radius 3 is 2.02 bits per heavy atom. The first-order valence-corrected chi connectivity index (χ1v) is 14.7. The smallest absolute Gasteiger partial charge is 0.0414 e. The summed E-state index contributed by atoms with van der Waals surface area (Å²) in [5.74, 6) is 0. The third-order valence-corrected chi connectivity index (χ3v) is 9.29. The molecule has 2 aliphatic carbocycles. The lowest BCUT2D eigenvalue weighted by molar-refractivity contribution is 0.654. The molecule has 1 heteroatoms. The van der Waals surface area contributed by atoms with Gasteiger partial charge in [0.1, 0.15) is 0 Å². The van der Waals surface area contributed by atoms with E-state index in [0.29, 0.717) is 0 Å². The third kappa shape index (κ3) is 4.08. The molecule has 0 amide bonds. The molecule has 0 atom stereocenters. The van der Waals surface area contributed by atoms with Gasteiger partial charge >= 0.3 is 0 Å². The molecule has 0 spiro atoms. The largest absolute Gasteiger partial charge is 0.345 e. The van der Waals surface area contributed by atoms with Crippen LogP contribution in [-0.2, 0) is 11.8 Å². The second kappa shape index (κ2) is 9.89. The molecule has 1 nitrogen and oxygen atoms in total. The Bertz CT molecular complexity index is 1930. The molecule has 0 fully saturated rings. The first-order chi connectivity index (χ1) is 20.4. The number of hydrogen-bond donors (Lipinski definition) is 0. The van der Waals surface area contributed by atoms with Crippen molar-refractivity contribution in [1.82, 2.24) is 0 Å². The van der Waals surface area contributed by atoms with E-state index in [0.717, 1.165) is 12.1 Å². The van der Waals surface area contributed by atoms with Gasteiger partial charge in [0.05, 0.1) is 0 Å². The molecule has 0 N–H and O–H groups in total. The predicted molar refractivity (Wildman–Crippen MR) is 180 cm³/mol. The van der Waals surface area contributed by atoms with Gasteiger partial charge in [0.25, 0.3) is 0 Å². The van der Waals surface area contributed by atoms with Crippen LogP contribution >= 0.6 is 0 Å². The standard InChI is InChI=1S/C41H35N/c1-6-35-37-21-20-34(26-40(37)41(3,4)39(35)7-2)42(5)33-16-11-15-29(24-33)27-13-10-14-28(22-27)30-18-19-32-23-31-12-8-9-17-36(31)38(32)25-30/h6-22,24-26H,1-2,23H2,3-5H3. The van der Waals surface area contributed by atoms with Gasteiger partial charge in [-0.1, -0.05) is 112 Å². The van der Waals surface area contributed by atoms with E-state index in [1.54, 1.807) is 0 Å². The van der Waals surface area contributed by atoms with Crippen molar-refractivity contribution in [2.45, 2.75) is 25.7 Å². The summed E-state index contributed by atoms with van der Waals surface area (Å²) in [5.41, 5.74) is 17.7. The van der Waals surface area contributed by atoms with Crippen LogP contribution in [0.5, 0.6) is 0 Å². The average Bonchev–Trinajstić information content (AvgIpc) is 3.51. The first kappa shape index (κ1) is 26.0. The van der Waals surface area contributed by atoms with E-state index in [9.17, 15) is 0 Å². The minimum atomic E-state index is -0.112. The molecular weight excluding hydrogens is 506 g/mol. The minimum Gasteiger partial charge on any atom is -0.345 e. The Morgan fingerprint density at radius 1 is 0.595 bits per heavy atom. The number of benzene rings is 5. The van der Waals surface area contributed by atoms with Crippen molar-refractivity contribution in [2.75, 3.05) is 11.9 Å². The van der Waals surface area contributed by atoms with Crippen LogP contribution in [0.4, 0.5) is 11.4 Å². The summed E-state index contributed by atoms with van der Waals surface area (Å²) in [6, 6.07) is 40.3. The molecule has 0 heterocycles. The number of rotatable bonds is 6. The van der Waals surface area contributed by atoms with Gasteiger partial charge in [-0.2, -0.15) is 0 Å². The monoisotopic (exact) mass is 541 g/mol. The topological polar surface area (TPSA) is 3.24 Å². The van der Waals surface area contributed by atoms with E-state index in [1.807, 2.05) is 12.2 Å². The fourth-order valence-corrected chi connectivity index (χ4v) is 6.93. The lowest BCUT2D eigenvalue weighted by atomic mass is 9.81. The molecule has 42 heavy (non-hydrogen) atoms. The van der Waals surface area contributed by atoms with Gasteiger partial charge in [-0.25, -0.2) is 0 Å². The Balaban J connectivity index is 1.20. The molecule has 0 bridgehead atoms.